The van der Waals surface area contributed by atoms with Gasteiger partial charge in [-0.1, -0.05) is 12.1 Å². The van der Waals surface area contributed by atoms with Crippen LogP contribution in [0.15, 0.2) is 30.5 Å². The van der Waals surface area contributed by atoms with Crippen molar-refractivity contribution in [2.24, 2.45) is 0 Å². The molecule has 1 atom stereocenters. The number of fused-ring (bicyclic) bond motifs is 1. The van der Waals surface area contributed by atoms with Gasteiger partial charge in [0.2, 0.25) is 0 Å². The third-order valence-electron chi connectivity index (χ3n) is 3.47. The maximum absolute atomic E-state index is 5.96. The molecule has 4 nitrogen and oxygen atoms in total. The van der Waals surface area contributed by atoms with Crippen molar-refractivity contribution in [1.29, 1.82) is 0 Å². The van der Waals surface area contributed by atoms with Crippen LogP contribution in [0.25, 0.3) is 0 Å². The predicted octanol–water partition coefficient (Wildman–Crippen LogP) is 2.87. The normalized spacial score (nSPS) is 17.0. The van der Waals surface area contributed by atoms with Gasteiger partial charge in [-0.25, -0.2) is 9.97 Å². The van der Waals surface area contributed by atoms with E-state index in [0.717, 1.165) is 41.4 Å². The van der Waals surface area contributed by atoms with Crippen LogP contribution in [-0.4, -0.2) is 22.7 Å². The molecule has 0 bridgehead atoms. The van der Waals surface area contributed by atoms with Gasteiger partial charge < -0.3 is 9.47 Å². The molecule has 0 saturated carbocycles. The topological polar surface area (TPSA) is 44.2 Å². The minimum absolute atomic E-state index is 0.0829. The van der Waals surface area contributed by atoms with Gasteiger partial charge >= 0.3 is 0 Å². The van der Waals surface area contributed by atoms with E-state index in [0.29, 0.717) is 6.61 Å². The number of benzene rings is 1. The summed E-state index contributed by atoms with van der Waals surface area (Å²) in [6.07, 6.45) is 3.74. The Morgan fingerprint density at radius 3 is 2.85 bits per heavy atom. The largest absolute Gasteiger partial charge is 0.486 e. The molecule has 0 unspecified atom stereocenters. The first-order valence-corrected chi connectivity index (χ1v) is 6.90. The lowest BCUT2D eigenvalue weighted by Gasteiger charge is -2.26. The third kappa shape index (κ3) is 2.74. The minimum atomic E-state index is 0.0829. The lowest BCUT2D eigenvalue weighted by Crippen LogP contribution is -2.29. The molecule has 4 heteroatoms. The van der Waals surface area contributed by atoms with E-state index >= 15 is 0 Å². The number of hydrogen-bond donors (Lipinski definition) is 0. The zero-order valence-electron chi connectivity index (χ0n) is 11.8. The maximum atomic E-state index is 5.96. The van der Waals surface area contributed by atoms with Crippen molar-refractivity contribution in [3.63, 3.8) is 0 Å². The Bertz CT molecular complexity index is 613. The molecule has 0 spiro atoms. The van der Waals surface area contributed by atoms with Crippen LogP contribution in [-0.2, 0) is 6.42 Å². The Hall–Kier alpha value is -2.10. The fourth-order valence-corrected chi connectivity index (χ4v) is 2.33. The molecule has 20 heavy (non-hydrogen) atoms. The van der Waals surface area contributed by atoms with Crippen molar-refractivity contribution in [1.82, 2.24) is 9.97 Å². The Morgan fingerprint density at radius 2 is 2.00 bits per heavy atom. The van der Waals surface area contributed by atoms with Gasteiger partial charge in [-0.05, 0) is 44.4 Å². The molecule has 0 saturated heterocycles. The highest BCUT2D eigenvalue weighted by atomic mass is 16.6. The van der Waals surface area contributed by atoms with Crippen LogP contribution in [0.1, 0.15) is 23.5 Å². The number of hydrogen-bond acceptors (Lipinski definition) is 4. The second-order valence-corrected chi connectivity index (χ2v) is 5.08. The van der Waals surface area contributed by atoms with Gasteiger partial charge in [0.15, 0.2) is 11.5 Å². The Balaban J connectivity index is 1.64. The lowest BCUT2D eigenvalue weighted by molar-refractivity contribution is 0.0849. The van der Waals surface area contributed by atoms with Crippen LogP contribution >= 0.6 is 0 Å². The van der Waals surface area contributed by atoms with Crippen molar-refractivity contribution in [3.8, 4) is 11.5 Å². The minimum Gasteiger partial charge on any atom is -0.486 e. The van der Waals surface area contributed by atoms with Crippen LogP contribution in [0.3, 0.4) is 0 Å². The average Bonchev–Trinajstić information content (AvgIpc) is 2.48. The van der Waals surface area contributed by atoms with E-state index in [2.05, 4.69) is 9.97 Å². The second kappa shape index (κ2) is 5.49. The average molecular weight is 270 g/mol. The smallest absolute Gasteiger partial charge is 0.161 e. The Morgan fingerprint density at radius 1 is 1.20 bits per heavy atom. The van der Waals surface area contributed by atoms with Crippen molar-refractivity contribution < 1.29 is 9.47 Å². The summed E-state index contributed by atoms with van der Waals surface area (Å²) in [4.78, 5) is 8.69. The van der Waals surface area contributed by atoms with E-state index in [4.69, 9.17) is 9.47 Å². The summed E-state index contributed by atoms with van der Waals surface area (Å²) in [5, 5.41) is 0. The van der Waals surface area contributed by atoms with Gasteiger partial charge in [0.05, 0.1) is 0 Å². The number of aromatic nitrogens is 2. The predicted molar refractivity (Wildman–Crippen MR) is 76.2 cm³/mol. The molecule has 1 aliphatic heterocycles. The Labute approximate surface area is 118 Å². The first-order valence-electron chi connectivity index (χ1n) is 6.90. The van der Waals surface area contributed by atoms with Crippen molar-refractivity contribution in [2.45, 2.75) is 32.8 Å². The van der Waals surface area contributed by atoms with Crippen molar-refractivity contribution in [2.75, 3.05) is 6.61 Å². The van der Waals surface area contributed by atoms with E-state index in [1.165, 1.54) is 0 Å². The quantitative estimate of drug-likeness (QED) is 0.860. The summed E-state index contributed by atoms with van der Waals surface area (Å²) in [7, 11) is 0. The maximum Gasteiger partial charge on any atom is 0.161 e. The van der Waals surface area contributed by atoms with Gasteiger partial charge in [0.1, 0.15) is 18.5 Å². The van der Waals surface area contributed by atoms with E-state index in [1.54, 1.807) is 0 Å². The van der Waals surface area contributed by atoms with Gasteiger partial charge in [0.25, 0.3) is 0 Å². The standard InChI is InChI=1S/C16H18N2O2/c1-11-9-17-12(2)18-14(11)8-7-13-10-19-15-5-3-4-6-16(15)20-13/h3-6,9,13H,7-8,10H2,1-2H3/t13-/m0/s1. The van der Waals surface area contributed by atoms with Crippen LogP contribution in [0.4, 0.5) is 0 Å². The summed E-state index contributed by atoms with van der Waals surface area (Å²) in [5.74, 6) is 2.48. The second-order valence-electron chi connectivity index (χ2n) is 5.08. The van der Waals surface area contributed by atoms with E-state index in [-0.39, 0.29) is 6.10 Å². The van der Waals surface area contributed by atoms with Crippen LogP contribution in [0.2, 0.25) is 0 Å². The number of nitrogens with zero attached hydrogens (tertiary/aromatic N) is 2. The SMILES string of the molecule is Cc1ncc(C)c(CC[C@H]2COc3ccccc3O2)n1. The van der Waals surface area contributed by atoms with E-state index in [9.17, 15) is 0 Å². The molecular formula is C16H18N2O2. The molecule has 0 amide bonds. The zero-order valence-corrected chi connectivity index (χ0v) is 11.8. The Kier molecular flexibility index (Phi) is 3.54. The van der Waals surface area contributed by atoms with E-state index < -0.39 is 0 Å². The summed E-state index contributed by atoms with van der Waals surface area (Å²) < 4.78 is 11.7. The molecule has 1 aliphatic rings. The van der Waals surface area contributed by atoms with Crippen LogP contribution in [0, 0.1) is 13.8 Å². The molecule has 2 heterocycles. The molecular weight excluding hydrogens is 252 g/mol. The first-order chi connectivity index (χ1) is 9.72. The van der Waals surface area contributed by atoms with Crippen LogP contribution in [0.5, 0.6) is 11.5 Å². The monoisotopic (exact) mass is 270 g/mol. The fraction of sp³-hybridized carbons (Fsp3) is 0.375. The number of rotatable bonds is 3. The zero-order chi connectivity index (χ0) is 13.9. The van der Waals surface area contributed by atoms with Crippen molar-refractivity contribution in [3.05, 3.63) is 47.5 Å². The molecule has 1 aromatic heterocycles. The molecule has 0 fully saturated rings. The number of aryl methyl sites for hydroxylation is 3. The molecule has 1 aromatic carbocycles. The third-order valence-corrected chi connectivity index (χ3v) is 3.47. The highest BCUT2D eigenvalue weighted by Gasteiger charge is 2.20. The molecule has 104 valence electrons. The van der Waals surface area contributed by atoms with Gasteiger partial charge in [-0.2, -0.15) is 0 Å². The summed E-state index contributed by atoms with van der Waals surface area (Å²) >= 11 is 0. The van der Waals surface area contributed by atoms with Crippen LogP contribution < -0.4 is 9.47 Å². The molecule has 0 N–H and O–H groups in total. The summed E-state index contributed by atoms with van der Waals surface area (Å²) in [5.41, 5.74) is 2.23. The molecule has 2 aromatic rings. The number of ether oxygens (including phenoxy) is 2. The van der Waals surface area contributed by atoms with E-state index in [1.807, 2.05) is 44.3 Å². The highest BCUT2D eigenvalue weighted by Crippen LogP contribution is 2.31. The van der Waals surface area contributed by atoms with Gasteiger partial charge in [0, 0.05) is 11.9 Å². The van der Waals surface area contributed by atoms with Gasteiger partial charge in [-0.3, -0.25) is 0 Å². The summed E-state index contributed by atoms with van der Waals surface area (Å²) in [6.45, 7) is 4.56. The first kappa shape index (κ1) is 12.9. The summed E-state index contributed by atoms with van der Waals surface area (Å²) in [6, 6.07) is 7.79. The van der Waals surface area contributed by atoms with Gasteiger partial charge in [-0.15, -0.1) is 0 Å². The molecule has 0 aliphatic carbocycles. The van der Waals surface area contributed by atoms with Crippen molar-refractivity contribution >= 4 is 0 Å². The fourth-order valence-electron chi connectivity index (χ4n) is 2.33. The highest BCUT2D eigenvalue weighted by molar-refractivity contribution is 5.40. The lowest BCUT2D eigenvalue weighted by atomic mass is 10.1. The number of para-hydroxylation sites is 2. The molecule has 0 radical (unpaired) electrons. The molecule has 3 rings (SSSR count).